The number of ether oxygens (including phenoxy) is 1. The van der Waals surface area contributed by atoms with E-state index in [1.807, 2.05) is 4.72 Å². The van der Waals surface area contributed by atoms with Gasteiger partial charge in [0.05, 0.1) is 0 Å². The van der Waals surface area contributed by atoms with Crippen molar-refractivity contribution < 1.29 is 78.7 Å². The Morgan fingerprint density at radius 3 is 2.16 bits per heavy atom. The number of carbonyl (C=O) groups is 2. The second-order valence-electron chi connectivity index (χ2n) is 7.17. The topological polar surface area (TPSA) is 128 Å². The molecular formula is C14H26KN3O6S. The molecule has 1 saturated carbocycles. The van der Waals surface area contributed by atoms with Gasteiger partial charge >= 0.3 is 57.5 Å². The van der Waals surface area contributed by atoms with Crippen molar-refractivity contribution in [3.63, 3.8) is 0 Å². The summed E-state index contributed by atoms with van der Waals surface area (Å²) in [5.74, 6) is -0.457. The molecule has 9 nitrogen and oxygen atoms in total. The number of rotatable bonds is 4. The molecule has 0 aromatic rings. The number of alkyl carbamates (subject to hydrolysis) is 1. The fourth-order valence-corrected chi connectivity index (χ4v) is 3.36. The summed E-state index contributed by atoms with van der Waals surface area (Å²) in [6.07, 6.45) is 0.201. The van der Waals surface area contributed by atoms with Gasteiger partial charge in [-0.2, -0.15) is 0 Å². The van der Waals surface area contributed by atoms with E-state index < -0.39 is 34.1 Å². The summed E-state index contributed by atoms with van der Waals surface area (Å²) in [5.41, 5.74) is -0.717. The van der Waals surface area contributed by atoms with Gasteiger partial charge in [0.2, 0.25) is 5.91 Å². The molecule has 140 valence electrons. The molecule has 0 aliphatic heterocycles. The van der Waals surface area contributed by atoms with Gasteiger partial charge in [0.1, 0.15) is 5.60 Å². The van der Waals surface area contributed by atoms with Crippen LogP contribution in [0.5, 0.6) is 0 Å². The molecule has 1 rings (SSSR count). The van der Waals surface area contributed by atoms with Crippen LogP contribution in [0.2, 0.25) is 0 Å². The van der Waals surface area contributed by atoms with Crippen LogP contribution in [0, 0.1) is 5.92 Å². The molecule has 11 heteroatoms. The second kappa shape index (κ2) is 9.97. The molecule has 0 aromatic heterocycles. The molecule has 1 aliphatic rings. The van der Waals surface area contributed by atoms with E-state index in [9.17, 15) is 22.6 Å². The molecule has 0 spiro atoms. The van der Waals surface area contributed by atoms with Crippen LogP contribution in [0.25, 0.3) is 0 Å². The molecule has 0 heterocycles. The fraction of sp³-hybridized carbons (Fsp3) is 0.857. The zero-order chi connectivity index (χ0) is 18.7. The van der Waals surface area contributed by atoms with Gasteiger partial charge in [0.15, 0.2) is 10.3 Å². The molecule has 0 aromatic carbocycles. The average molecular weight is 404 g/mol. The smallest absolute Gasteiger partial charge is 0.735 e. The van der Waals surface area contributed by atoms with E-state index in [1.165, 1.54) is 4.90 Å². The summed E-state index contributed by atoms with van der Waals surface area (Å²) in [6, 6.07) is -1.47. The van der Waals surface area contributed by atoms with E-state index in [0.29, 0.717) is 6.42 Å². The maximum Gasteiger partial charge on any atom is 1.00 e. The molecule has 1 fully saturated rings. The molecule has 3 atom stereocenters. The molecular weight excluding hydrogens is 377 g/mol. The van der Waals surface area contributed by atoms with Crippen molar-refractivity contribution in [1.82, 2.24) is 14.9 Å². The van der Waals surface area contributed by atoms with E-state index in [2.05, 4.69) is 5.32 Å². The van der Waals surface area contributed by atoms with Crippen molar-refractivity contribution in [2.75, 3.05) is 14.1 Å². The third kappa shape index (κ3) is 9.66. The Balaban J connectivity index is 0.00000576. The van der Waals surface area contributed by atoms with Crippen molar-refractivity contribution in [2.24, 2.45) is 5.92 Å². The summed E-state index contributed by atoms with van der Waals surface area (Å²) < 4.78 is 40.1. The number of hydrogen-bond donors (Lipinski definition) is 2. The van der Waals surface area contributed by atoms with E-state index in [1.54, 1.807) is 34.9 Å². The minimum atomic E-state index is -4.67. The quantitative estimate of drug-likeness (QED) is 0.385. The Hall–Kier alpha value is 0.246. The Labute approximate surface area is 191 Å². The van der Waals surface area contributed by atoms with Gasteiger partial charge in [-0.15, -0.1) is 0 Å². The largest absolute Gasteiger partial charge is 1.00 e. The summed E-state index contributed by atoms with van der Waals surface area (Å²) in [7, 11) is -1.41. The number of nitrogens with zero attached hydrogens (tertiary/aromatic N) is 1. The number of nitrogens with one attached hydrogen (secondary N) is 2. The van der Waals surface area contributed by atoms with Gasteiger partial charge in [0, 0.05) is 32.1 Å². The van der Waals surface area contributed by atoms with Crippen LogP contribution in [0.1, 0.15) is 40.0 Å². The van der Waals surface area contributed by atoms with Crippen LogP contribution in [0.4, 0.5) is 4.79 Å². The number of hydrogen-bond acceptors (Lipinski definition) is 6. The summed E-state index contributed by atoms with van der Waals surface area (Å²) in [4.78, 5) is 25.5. The Bertz CT molecular complexity index is 576. The maximum absolute atomic E-state index is 12.1. The van der Waals surface area contributed by atoms with Crippen LogP contribution in [-0.2, 0) is 19.8 Å². The average Bonchev–Trinajstić information content (AvgIpc) is 2.35. The zero-order valence-corrected chi connectivity index (χ0v) is 19.6. The van der Waals surface area contributed by atoms with Gasteiger partial charge in [-0.25, -0.2) is 17.9 Å². The molecule has 2 amide bonds. The number of carbonyl (C=O) groups excluding carboxylic acids is 2. The van der Waals surface area contributed by atoms with Crippen LogP contribution < -0.4 is 61.4 Å². The van der Waals surface area contributed by atoms with Gasteiger partial charge < -0.3 is 19.5 Å². The predicted octanol–water partition coefficient (Wildman–Crippen LogP) is -2.81. The molecule has 0 unspecified atom stereocenters. The van der Waals surface area contributed by atoms with E-state index >= 15 is 0 Å². The second-order valence-corrected chi connectivity index (χ2v) is 8.32. The van der Waals surface area contributed by atoms with Gasteiger partial charge in [-0.3, -0.25) is 4.79 Å². The van der Waals surface area contributed by atoms with Gasteiger partial charge in [-0.1, -0.05) is 0 Å². The van der Waals surface area contributed by atoms with Gasteiger partial charge in [-0.05, 0) is 40.0 Å². The molecule has 25 heavy (non-hydrogen) atoms. The summed E-state index contributed by atoms with van der Waals surface area (Å²) >= 11 is 0. The minimum Gasteiger partial charge on any atom is -0.735 e. The molecule has 0 bridgehead atoms. The SMILES string of the molecule is CN(C)C(=O)[C@H]1CC[C@H](NS(=O)(=O)[O-])[C@H](NC(=O)OC(C)(C)C)C1.[K+]. The van der Waals surface area contributed by atoms with Crippen molar-refractivity contribution in [3.05, 3.63) is 0 Å². The van der Waals surface area contributed by atoms with Crippen LogP contribution in [0.3, 0.4) is 0 Å². The first-order chi connectivity index (χ1) is 10.8. The normalized spacial score (nSPS) is 24.0. The third-order valence-electron chi connectivity index (χ3n) is 3.64. The minimum absolute atomic E-state index is 0. The van der Waals surface area contributed by atoms with Crippen molar-refractivity contribution >= 4 is 22.3 Å². The van der Waals surface area contributed by atoms with E-state index in [-0.39, 0.29) is 76.1 Å². The molecule has 0 saturated heterocycles. The Morgan fingerprint density at radius 1 is 1.16 bits per heavy atom. The van der Waals surface area contributed by atoms with Gasteiger partial charge in [0.25, 0.3) is 0 Å². The van der Waals surface area contributed by atoms with Crippen molar-refractivity contribution in [3.8, 4) is 0 Å². The first-order valence-electron chi connectivity index (χ1n) is 7.72. The zero-order valence-electron chi connectivity index (χ0n) is 15.7. The first kappa shape index (κ1) is 25.2. The maximum atomic E-state index is 12.1. The Morgan fingerprint density at radius 2 is 1.72 bits per heavy atom. The van der Waals surface area contributed by atoms with Crippen LogP contribution in [-0.4, -0.2) is 61.7 Å². The summed E-state index contributed by atoms with van der Waals surface area (Å²) in [6.45, 7) is 5.09. The molecule has 1 aliphatic carbocycles. The van der Waals surface area contributed by atoms with Crippen molar-refractivity contribution in [2.45, 2.75) is 57.7 Å². The predicted molar refractivity (Wildman–Crippen MR) is 85.8 cm³/mol. The molecule has 0 radical (unpaired) electrons. The summed E-state index contributed by atoms with van der Waals surface area (Å²) in [5, 5.41) is 2.57. The third-order valence-corrected chi connectivity index (χ3v) is 4.23. The number of amides is 2. The van der Waals surface area contributed by atoms with E-state index in [4.69, 9.17) is 4.74 Å². The van der Waals surface area contributed by atoms with Crippen LogP contribution >= 0.6 is 0 Å². The standard InChI is InChI=1S/C14H27N3O6S.K/c1-14(2,3)23-13(19)15-11-8-9(12(18)17(4)5)6-7-10(11)16-24(20,21)22;/h9-11,16H,6-8H2,1-5H3,(H,15,19)(H,20,21,22);/q;+1/p-1/t9-,10-,11+;/m0./s1. The van der Waals surface area contributed by atoms with Crippen molar-refractivity contribution in [1.29, 1.82) is 0 Å². The van der Waals surface area contributed by atoms with E-state index in [0.717, 1.165) is 0 Å². The fourth-order valence-electron chi connectivity index (χ4n) is 2.70. The Kier molecular flexibility index (Phi) is 10.1. The monoisotopic (exact) mass is 403 g/mol. The molecule has 2 N–H and O–H groups in total. The van der Waals surface area contributed by atoms with Crippen LogP contribution in [0.15, 0.2) is 0 Å². The first-order valence-corrected chi connectivity index (χ1v) is 9.13.